The fourth-order valence-corrected chi connectivity index (χ4v) is 5.80. The third kappa shape index (κ3) is 4.56. The van der Waals surface area contributed by atoms with Crippen LogP contribution in [0.3, 0.4) is 0 Å². The second-order valence-electron chi connectivity index (χ2n) is 8.15. The first-order chi connectivity index (χ1) is 14.4. The van der Waals surface area contributed by atoms with Crippen LogP contribution in [0, 0.1) is 0 Å². The van der Waals surface area contributed by atoms with Crippen LogP contribution in [0.15, 0.2) is 0 Å². The van der Waals surface area contributed by atoms with E-state index in [-0.39, 0.29) is 0 Å². The van der Waals surface area contributed by atoms with Crippen LogP contribution in [0.2, 0.25) is 0 Å². The van der Waals surface area contributed by atoms with Gasteiger partial charge in [0.2, 0.25) is 0 Å². The first kappa shape index (κ1) is 19.6. The summed E-state index contributed by atoms with van der Waals surface area (Å²) in [4.78, 5) is 17.6. The Morgan fingerprint density at radius 2 is 1.62 bits per heavy atom. The molecule has 2 saturated heterocycles. The number of aryl methyl sites for hydroxylation is 2. The molecule has 7 nitrogen and oxygen atoms in total. The second kappa shape index (κ2) is 9.22. The Morgan fingerprint density at radius 1 is 0.897 bits per heavy atom. The average Bonchev–Trinajstić information content (AvgIpc) is 3.14. The van der Waals surface area contributed by atoms with Crippen molar-refractivity contribution in [2.24, 2.45) is 0 Å². The topological polar surface area (TPSA) is 62.8 Å². The van der Waals surface area contributed by atoms with Crippen LogP contribution in [0.4, 0.5) is 5.82 Å². The molecule has 1 N–H and O–H groups in total. The summed E-state index contributed by atoms with van der Waals surface area (Å²) in [5, 5.41) is 4.97. The van der Waals surface area contributed by atoms with Crippen LogP contribution in [-0.2, 0) is 28.9 Å². The van der Waals surface area contributed by atoms with Gasteiger partial charge in [-0.1, -0.05) is 0 Å². The molecule has 0 bridgehead atoms. The number of aromatic nitrogens is 2. The van der Waals surface area contributed by atoms with Crippen molar-refractivity contribution in [1.29, 1.82) is 0 Å². The molecule has 2 aromatic rings. The molecule has 0 atom stereocenters. The zero-order valence-corrected chi connectivity index (χ0v) is 17.9. The minimum Gasteiger partial charge on any atom is -0.379 e. The van der Waals surface area contributed by atoms with E-state index >= 15 is 0 Å². The lowest BCUT2D eigenvalue weighted by Gasteiger charge is -2.27. The Balaban J connectivity index is 1.38. The van der Waals surface area contributed by atoms with E-state index in [2.05, 4.69) is 15.1 Å². The van der Waals surface area contributed by atoms with Gasteiger partial charge in [-0.15, -0.1) is 11.3 Å². The lowest BCUT2D eigenvalue weighted by molar-refractivity contribution is 0.0331. The first-order valence-corrected chi connectivity index (χ1v) is 11.8. The normalized spacial score (nSPS) is 21.4. The van der Waals surface area contributed by atoms with Crippen LogP contribution in [0.25, 0.3) is 10.2 Å². The molecule has 0 saturated carbocycles. The molecular weight excluding hydrogens is 386 g/mol. The number of hydrogen-bond acceptors (Lipinski definition) is 8. The van der Waals surface area contributed by atoms with Crippen LogP contribution in [-0.4, -0.2) is 85.5 Å². The van der Waals surface area contributed by atoms with E-state index in [4.69, 9.17) is 19.4 Å². The van der Waals surface area contributed by atoms with Gasteiger partial charge in [-0.25, -0.2) is 9.97 Å². The van der Waals surface area contributed by atoms with Gasteiger partial charge < -0.3 is 14.8 Å². The number of rotatable bonds is 6. The zero-order chi connectivity index (χ0) is 19.5. The Bertz CT molecular complexity index is 830. The lowest BCUT2D eigenvalue weighted by Crippen LogP contribution is -2.39. The predicted octanol–water partition coefficient (Wildman–Crippen LogP) is 2.15. The molecule has 2 fully saturated rings. The second-order valence-corrected chi connectivity index (χ2v) is 9.23. The summed E-state index contributed by atoms with van der Waals surface area (Å²) in [7, 11) is 0. The highest BCUT2D eigenvalue weighted by atomic mass is 32.1. The van der Waals surface area contributed by atoms with Crippen molar-refractivity contribution in [2.45, 2.75) is 32.2 Å². The van der Waals surface area contributed by atoms with E-state index in [1.165, 1.54) is 46.3 Å². The molecule has 158 valence electrons. The Kier molecular flexibility index (Phi) is 6.24. The van der Waals surface area contributed by atoms with Gasteiger partial charge in [-0.3, -0.25) is 9.80 Å². The number of fused-ring (bicyclic) bond motifs is 3. The number of nitrogens with one attached hydrogen (secondary N) is 1. The van der Waals surface area contributed by atoms with Gasteiger partial charge in [0.15, 0.2) is 0 Å². The van der Waals surface area contributed by atoms with Gasteiger partial charge >= 0.3 is 0 Å². The zero-order valence-electron chi connectivity index (χ0n) is 17.1. The standard InChI is InChI=1S/C21H31N5O2S/c1-2-4-17-16(3-1)19-20(22-5-6-25-7-11-27-12-8-25)23-18(24-21(19)29-17)15-26-9-13-28-14-10-26/h1-15H2,(H,22,23,24). The molecule has 8 heteroatoms. The number of anilines is 1. The molecule has 1 aliphatic carbocycles. The summed E-state index contributed by atoms with van der Waals surface area (Å²) in [6.07, 6.45) is 4.94. The maximum atomic E-state index is 5.49. The highest BCUT2D eigenvalue weighted by Crippen LogP contribution is 2.38. The van der Waals surface area contributed by atoms with E-state index in [1.54, 1.807) is 0 Å². The molecule has 0 aromatic carbocycles. The van der Waals surface area contributed by atoms with Crippen molar-refractivity contribution in [3.8, 4) is 0 Å². The molecule has 3 aliphatic rings. The molecular formula is C21H31N5O2S. The average molecular weight is 418 g/mol. The molecule has 2 aliphatic heterocycles. The van der Waals surface area contributed by atoms with Gasteiger partial charge in [0.25, 0.3) is 0 Å². The van der Waals surface area contributed by atoms with Gasteiger partial charge in [0.1, 0.15) is 16.5 Å². The van der Waals surface area contributed by atoms with E-state index in [0.29, 0.717) is 0 Å². The van der Waals surface area contributed by atoms with Crippen molar-refractivity contribution in [2.75, 3.05) is 71.0 Å². The third-order valence-electron chi connectivity index (χ3n) is 6.15. The number of thiophene rings is 1. The van der Waals surface area contributed by atoms with Crippen LogP contribution < -0.4 is 5.32 Å². The van der Waals surface area contributed by atoms with Gasteiger partial charge in [0.05, 0.1) is 38.4 Å². The van der Waals surface area contributed by atoms with Crippen molar-refractivity contribution in [3.05, 3.63) is 16.3 Å². The summed E-state index contributed by atoms with van der Waals surface area (Å²) >= 11 is 1.89. The SMILES string of the molecule is C1CCc2c(sc3nc(CN4CCOCC4)nc(NCCN4CCOCC4)c23)C1. The molecule has 29 heavy (non-hydrogen) atoms. The summed E-state index contributed by atoms with van der Waals surface area (Å²) in [6, 6.07) is 0. The van der Waals surface area contributed by atoms with Crippen molar-refractivity contribution in [1.82, 2.24) is 19.8 Å². The maximum absolute atomic E-state index is 5.49. The fraction of sp³-hybridized carbons (Fsp3) is 0.714. The van der Waals surface area contributed by atoms with Crippen molar-refractivity contribution < 1.29 is 9.47 Å². The van der Waals surface area contributed by atoms with Crippen LogP contribution >= 0.6 is 11.3 Å². The summed E-state index contributed by atoms with van der Waals surface area (Å²) in [6.45, 7) is 10.0. The van der Waals surface area contributed by atoms with Gasteiger partial charge in [0, 0.05) is 44.1 Å². The van der Waals surface area contributed by atoms with E-state index in [1.807, 2.05) is 11.3 Å². The highest BCUT2D eigenvalue weighted by Gasteiger charge is 2.22. The fourth-order valence-electron chi connectivity index (χ4n) is 4.52. The van der Waals surface area contributed by atoms with Crippen LogP contribution in [0.5, 0.6) is 0 Å². The molecule has 2 aromatic heterocycles. The van der Waals surface area contributed by atoms with Crippen LogP contribution in [0.1, 0.15) is 29.1 Å². The first-order valence-electron chi connectivity index (χ1n) is 11.0. The Morgan fingerprint density at radius 3 is 2.41 bits per heavy atom. The van der Waals surface area contributed by atoms with Crippen molar-refractivity contribution in [3.63, 3.8) is 0 Å². The monoisotopic (exact) mass is 417 g/mol. The van der Waals surface area contributed by atoms with E-state index < -0.39 is 0 Å². The molecule has 4 heterocycles. The maximum Gasteiger partial charge on any atom is 0.146 e. The quantitative estimate of drug-likeness (QED) is 0.773. The smallest absolute Gasteiger partial charge is 0.146 e. The number of hydrogen-bond donors (Lipinski definition) is 1. The third-order valence-corrected chi connectivity index (χ3v) is 7.34. The molecule has 0 amide bonds. The molecule has 5 rings (SSSR count). The number of morpholine rings is 2. The number of ether oxygens (including phenoxy) is 2. The van der Waals surface area contributed by atoms with E-state index in [9.17, 15) is 0 Å². The van der Waals surface area contributed by atoms with Gasteiger partial charge in [-0.05, 0) is 31.2 Å². The predicted molar refractivity (Wildman–Crippen MR) is 116 cm³/mol. The highest BCUT2D eigenvalue weighted by molar-refractivity contribution is 7.19. The lowest BCUT2D eigenvalue weighted by atomic mass is 9.97. The summed E-state index contributed by atoms with van der Waals surface area (Å²) < 4.78 is 11.0. The largest absolute Gasteiger partial charge is 0.379 e. The molecule has 0 unspecified atom stereocenters. The summed E-state index contributed by atoms with van der Waals surface area (Å²) in [5.41, 5.74) is 1.50. The Labute approximate surface area is 176 Å². The minimum absolute atomic E-state index is 0.806. The molecule has 0 radical (unpaired) electrons. The van der Waals surface area contributed by atoms with Crippen molar-refractivity contribution >= 4 is 27.4 Å². The summed E-state index contributed by atoms with van der Waals surface area (Å²) in [5.74, 6) is 1.98. The van der Waals surface area contributed by atoms with Gasteiger partial charge in [-0.2, -0.15) is 0 Å². The number of nitrogens with zero attached hydrogens (tertiary/aromatic N) is 4. The molecule has 0 spiro atoms. The minimum atomic E-state index is 0.806. The Hall–Kier alpha value is -1.32. The van der Waals surface area contributed by atoms with E-state index in [0.717, 1.165) is 83.9 Å².